The number of hydrogen-bond donors (Lipinski definition) is 1. The molecule has 0 aliphatic heterocycles. The van der Waals surface area contributed by atoms with Gasteiger partial charge in [-0.25, -0.2) is 9.78 Å². The van der Waals surface area contributed by atoms with Crippen LogP contribution in [0.15, 0.2) is 12.4 Å². The minimum Gasteiger partial charge on any atom is -0.474 e. The van der Waals surface area contributed by atoms with E-state index in [4.69, 9.17) is 9.84 Å². The highest BCUT2D eigenvalue weighted by atomic mass is 16.5. The van der Waals surface area contributed by atoms with Gasteiger partial charge in [0.05, 0.1) is 26.1 Å². The largest absolute Gasteiger partial charge is 0.474 e. The highest BCUT2D eigenvalue weighted by molar-refractivity contribution is 5.86. The number of hydrogen-bond acceptors (Lipinski definition) is 6. The molecule has 14 heavy (non-hydrogen) atoms. The number of nitrogens with zero attached hydrogens (tertiary/aromatic N) is 2. The average molecular weight is 198 g/mol. The van der Waals surface area contributed by atoms with Crippen molar-refractivity contribution >= 4 is 5.97 Å². The summed E-state index contributed by atoms with van der Waals surface area (Å²) in [6.45, 7) is -0.0105. The van der Waals surface area contributed by atoms with Crippen molar-refractivity contribution in [2.24, 2.45) is 0 Å². The van der Waals surface area contributed by atoms with Crippen molar-refractivity contribution in [1.82, 2.24) is 9.97 Å². The van der Waals surface area contributed by atoms with E-state index in [9.17, 15) is 4.79 Å². The quantitative estimate of drug-likeness (QED) is 0.665. The van der Waals surface area contributed by atoms with Crippen LogP contribution in [0.1, 0.15) is 10.5 Å². The summed E-state index contributed by atoms with van der Waals surface area (Å²) in [7, 11) is 1.26. The number of aliphatic hydroxyl groups excluding tert-OH is 1. The highest BCUT2D eigenvalue weighted by Crippen LogP contribution is 2.05. The predicted octanol–water partition coefficient (Wildman–Crippen LogP) is -0.366. The molecule has 0 aliphatic rings. The second-order valence-corrected chi connectivity index (χ2v) is 2.31. The van der Waals surface area contributed by atoms with E-state index in [-0.39, 0.29) is 24.8 Å². The maximum atomic E-state index is 11.0. The molecule has 6 nitrogen and oxygen atoms in total. The lowest BCUT2D eigenvalue weighted by Gasteiger charge is -2.03. The summed E-state index contributed by atoms with van der Waals surface area (Å²) in [6.07, 6.45) is 2.62. The summed E-state index contributed by atoms with van der Waals surface area (Å²) < 4.78 is 9.41. The van der Waals surface area contributed by atoms with Crippen LogP contribution in [-0.2, 0) is 4.74 Å². The molecule has 0 unspecified atom stereocenters. The fraction of sp³-hybridized carbons (Fsp3) is 0.375. The van der Waals surface area contributed by atoms with Gasteiger partial charge in [0, 0.05) is 0 Å². The van der Waals surface area contributed by atoms with Crippen LogP contribution < -0.4 is 4.74 Å². The van der Waals surface area contributed by atoms with Gasteiger partial charge in [-0.15, -0.1) is 0 Å². The van der Waals surface area contributed by atoms with Crippen molar-refractivity contribution in [3.05, 3.63) is 18.1 Å². The fourth-order valence-electron chi connectivity index (χ4n) is 0.771. The fourth-order valence-corrected chi connectivity index (χ4v) is 0.771. The van der Waals surface area contributed by atoms with E-state index >= 15 is 0 Å². The van der Waals surface area contributed by atoms with Crippen LogP contribution in [0.25, 0.3) is 0 Å². The summed E-state index contributed by atoms with van der Waals surface area (Å²) in [4.78, 5) is 18.6. The Morgan fingerprint density at radius 3 is 3.00 bits per heavy atom. The lowest BCUT2D eigenvalue weighted by molar-refractivity contribution is 0.0592. The van der Waals surface area contributed by atoms with Crippen LogP contribution in [0.4, 0.5) is 0 Å². The number of aliphatic hydroxyl groups is 1. The van der Waals surface area contributed by atoms with E-state index in [0.29, 0.717) is 0 Å². The van der Waals surface area contributed by atoms with Crippen molar-refractivity contribution in [2.45, 2.75) is 0 Å². The van der Waals surface area contributed by atoms with Gasteiger partial charge in [0.1, 0.15) is 6.61 Å². The van der Waals surface area contributed by atoms with E-state index in [0.717, 1.165) is 0 Å². The lowest BCUT2D eigenvalue weighted by atomic mass is 10.4. The number of ether oxygens (including phenoxy) is 2. The van der Waals surface area contributed by atoms with E-state index in [2.05, 4.69) is 14.7 Å². The normalized spacial score (nSPS) is 9.57. The lowest BCUT2D eigenvalue weighted by Crippen LogP contribution is -2.08. The number of rotatable bonds is 4. The minimum absolute atomic E-state index is 0.0722. The van der Waals surface area contributed by atoms with Crippen molar-refractivity contribution in [3.63, 3.8) is 0 Å². The summed E-state index contributed by atoms with van der Waals surface area (Å²) in [5.74, 6) is -0.395. The first-order chi connectivity index (χ1) is 6.77. The molecule has 6 heteroatoms. The molecule has 1 rings (SSSR count). The van der Waals surface area contributed by atoms with Crippen LogP contribution in [-0.4, -0.2) is 41.4 Å². The average Bonchev–Trinajstić information content (AvgIpc) is 2.25. The third-order valence-electron chi connectivity index (χ3n) is 1.35. The number of carbonyl (C=O) groups is 1. The zero-order chi connectivity index (χ0) is 10.4. The Morgan fingerprint density at radius 1 is 1.57 bits per heavy atom. The zero-order valence-electron chi connectivity index (χ0n) is 7.64. The van der Waals surface area contributed by atoms with E-state index in [1.807, 2.05) is 0 Å². The Morgan fingerprint density at radius 2 is 2.36 bits per heavy atom. The van der Waals surface area contributed by atoms with Crippen LogP contribution in [0.2, 0.25) is 0 Å². The molecule has 0 saturated heterocycles. The summed E-state index contributed by atoms with van der Waals surface area (Å²) in [5, 5.41) is 8.49. The highest BCUT2D eigenvalue weighted by Gasteiger charge is 2.08. The SMILES string of the molecule is COC(=O)c1cncc(OCCO)n1. The van der Waals surface area contributed by atoms with Crippen LogP contribution in [0, 0.1) is 0 Å². The third kappa shape index (κ3) is 2.67. The first-order valence-corrected chi connectivity index (χ1v) is 3.92. The zero-order valence-corrected chi connectivity index (χ0v) is 7.64. The standard InChI is InChI=1S/C8H10N2O4/c1-13-8(12)6-4-9-5-7(10-6)14-3-2-11/h4-5,11H,2-3H2,1H3. The second-order valence-electron chi connectivity index (χ2n) is 2.31. The number of esters is 1. The van der Waals surface area contributed by atoms with Gasteiger partial charge in [-0.05, 0) is 0 Å². The first-order valence-electron chi connectivity index (χ1n) is 3.92. The Kier molecular flexibility index (Phi) is 3.81. The molecule has 0 radical (unpaired) electrons. The maximum Gasteiger partial charge on any atom is 0.358 e. The van der Waals surface area contributed by atoms with Gasteiger partial charge in [0.2, 0.25) is 5.88 Å². The molecule has 0 fully saturated rings. The van der Waals surface area contributed by atoms with Crippen LogP contribution in [0.5, 0.6) is 5.88 Å². The topological polar surface area (TPSA) is 81.5 Å². The molecule has 0 spiro atoms. The smallest absolute Gasteiger partial charge is 0.358 e. The molecule has 0 amide bonds. The number of methoxy groups -OCH3 is 1. The first kappa shape index (κ1) is 10.4. The van der Waals surface area contributed by atoms with Gasteiger partial charge in [0.25, 0.3) is 0 Å². The van der Waals surface area contributed by atoms with E-state index in [1.54, 1.807) is 0 Å². The van der Waals surface area contributed by atoms with Gasteiger partial charge in [-0.3, -0.25) is 4.98 Å². The van der Waals surface area contributed by atoms with Crippen molar-refractivity contribution in [1.29, 1.82) is 0 Å². The van der Waals surface area contributed by atoms with E-state index in [1.165, 1.54) is 19.5 Å². The van der Waals surface area contributed by atoms with Gasteiger partial charge < -0.3 is 14.6 Å². The summed E-state index contributed by atoms with van der Waals surface area (Å²) in [6, 6.07) is 0. The molecule has 0 saturated carbocycles. The second kappa shape index (κ2) is 5.13. The van der Waals surface area contributed by atoms with Gasteiger partial charge >= 0.3 is 5.97 Å². The summed E-state index contributed by atoms with van der Waals surface area (Å²) in [5.41, 5.74) is 0.0722. The number of aromatic nitrogens is 2. The molecule has 0 aromatic carbocycles. The Balaban J connectivity index is 2.73. The molecule has 76 valence electrons. The number of carbonyl (C=O) groups excluding carboxylic acids is 1. The van der Waals surface area contributed by atoms with Gasteiger partial charge in [0.15, 0.2) is 5.69 Å². The molecule has 1 heterocycles. The molecule has 0 aliphatic carbocycles. The molecular formula is C8H10N2O4. The molecule has 1 N–H and O–H groups in total. The van der Waals surface area contributed by atoms with Gasteiger partial charge in [-0.1, -0.05) is 0 Å². The van der Waals surface area contributed by atoms with Crippen LogP contribution in [0.3, 0.4) is 0 Å². The maximum absolute atomic E-state index is 11.0. The Labute approximate surface area is 80.5 Å². The van der Waals surface area contributed by atoms with Crippen molar-refractivity contribution < 1.29 is 19.4 Å². The van der Waals surface area contributed by atoms with Crippen molar-refractivity contribution in [2.75, 3.05) is 20.3 Å². The Hall–Kier alpha value is -1.69. The van der Waals surface area contributed by atoms with Crippen LogP contribution >= 0.6 is 0 Å². The van der Waals surface area contributed by atoms with Crippen molar-refractivity contribution in [3.8, 4) is 5.88 Å². The Bertz CT molecular complexity index is 316. The monoisotopic (exact) mass is 198 g/mol. The van der Waals surface area contributed by atoms with E-state index < -0.39 is 5.97 Å². The molecular weight excluding hydrogens is 188 g/mol. The molecule has 0 bridgehead atoms. The van der Waals surface area contributed by atoms with Gasteiger partial charge in [-0.2, -0.15) is 0 Å². The predicted molar refractivity (Wildman–Crippen MR) is 46.0 cm³/mol. The minimum atomic E-state index is -0.577. The molecule has 1 aromatic heterocycles. The third-order valence-corrected chi connectivity index (χ3v) is 1.35. The molecule has 1 aromatic rings. The molecule has 0 atom stereocenters. The summed E-state index contributed by atoms with van der Waals surface area (Å²) >= 11 is 0.